The summed E-state index contributed by atoms with van der Waals surface area (Å²) in [5.41, 5.74) is 2.51. The molecule has 0 aliphatic rings. The van der Waals surface area contributed by atoms with Crippen LogP contribution in [0.5, 0.6) is 0 Å². The number of nitro groups is 1. The molecule has 8 nitrogen and oxygen atoms in total. The highest BCUT2D eigenvalue weighted by molar-refractivity contribution is 7.22. The minimum atomic E-state index is -0.528. The molecule has 28 heavy (non-hydrogen) atoms. The van der Waals surface area contributed by atoms with Crippen molar-refractivity contribution < 1.29 is 14.5 Å². The first-order valence-corrected chi connectivity index (χ1v) is 9.55. The largest absolute Gasteiger partial charge is 0.383 e. The van der Waals surface area contributed by atoms with E-state index < -0.39 is 10.8 Å². The first kappa shape index (κ1) is 19.7. The fourth-order valence-corrected chi connectivity index (χ4v) is 3.61. The first-order chi connectivity index (χ1) is 13.5. The molecule has 0 spiro atoms. The van der Waals surface area contributed by atoms with Gasteiger partial charge in [0.15, 0.2) is 5.13 Å². The van der Waals surface area contributed by atoms with Crippen LogP contribution in [0.2, 0.25) is 0 Å². The van der Waals surface area contributed by atoms with E-state index in [2.05, 4.69) is 22.5 Å². The summed E-state index contributed by atoms with van der Waals surface area (Å²) in [6, 6.07) is 10.1. The van der Waals surface area contributed by atoms with Gasteiger partial charge in [0, 0.05) is 31.5 Å². The lowest BCUT2D eigenvalue weighted by atomic mass is 10.1. The molecule has 0 aliphatic carbocycles. The number of hydrogen-bond donors (Lipinski definition) is 2. The van der Waals surface area contributed by atoms with Crippen LogP contribution in [0, 0.1) is 10.1 Å². The fraction of sp³-hybridized carbons (Fsp3) is 0.263. The van der Waals surface area contributed by atoms with E-state index in [1.54, 1.807) is 7.11 Å². The third-order valence-corrected chi connectivity index (χ3v) is 5.10. The van der Waals surface area contributed by atoms with Crippen molar-refractivity contribution >= 4 is 44.0 Å². The summed E-state index contributed by atoms with van der Waals surface area (Å²) in [4.78, 5) is 27.8. The minimum absolute atomic E-state index is 0.153. The number of benzene rings is 2. The van der Waals surface area contributed by atoms with Gasteiger partial charge in [-0.05, 0) is 30.2 Å². The lowest BCUT2D eigenvalue weighted by Crippen LogP contribution is -2.16. The summed E-state index contributed by atoms with van der Waals surface area (Å²) in [5, 5.41) is 17.4. The summed E-state index contributed by atoms with van der Waals surface area (Å²) in [7, 11) is 1.57. The number of nitro benzene ring substituents is 1. The van der Waals surface area contributed by atoms with E-state index in [9.17, 15) is 14.9 Å². The summed E-state index contributed by atoms with van der Waals surface area (Å²) < 4.78 is 5.97. The molecule has 3 aromatic rings. The molecule has 1 amide bonds. The zero-order valence-corrected chi connectivity index (χ0v) is 16.3. The monoisotopic (exact) mass is 400 g/mol. The van der Waals surface area contributed by atoms with Gasteiger partial charge in [-0.2, -0.15) is 0 Å². The van der Waals surface area contributed by atoms with Gasteiger partial charge in [0.25, 0.3) is 11.6 Å². The average molecular weight is 400 g/mol. The Kier molecular flexibility index (Phi) is 6.17. The average Bonchev–Trinajstić information content (AvgIpc) is 3.09. The molecule has 2 aromatic carbocycles. The van der Waals surface area contributed by atoms with Gasteiger partial charge in [-0.1, -0.05) is 24.3 Å². The van der Waals surface area contributed by atoms with Crippen molar-refractivity contribution in [3.63, 3.8) is 0 Å². The quantitative estimate of drug-likeness (QED) is 0.335. The maximum atomic E-state index is 12.8. The smallest absolute Gasteiger partial charge is 0.270 e. The zero-order valence-electron chi connectivity index (χ0n) is 15.5. The summed E-state index contributed by atoms with van der Waals surface area (Å²) in [6.45, 7) is 2.98. The lowest BCUT2D eigenvalue weighted by Gasteiger charge is -2.11. The van der Waals surface area contributed by atoms with Gasteiger partial charge in [-0.15, -0.1) is 0 Å². The third-order valence-electron chi connectivity index (χ3n) is 4.16. The van der Waals surface area contributed by atoms with Crippen LogP contribution < -0.4 is 10.6 Å². The Balaban J connectivity index is 1.87. The maximum absolute atomic E-state index is 12.8. The molecule has 1 aromatic heterocycles. The number of hydrogen-bond acceptors (Lipinski definition) is 7. The normalized spacial score (nSPS) is 10.8. The van der Waals surface area contributed by atoms with Crippen molar-refractivity contribution in [2.24, 2.45) is 0 Å². The predicted octanol–water partition coefficient (Wildman–Crippen LogP) is 4.08. The molecular weight excluding hydrogens is 380 g/mol. The van der Waals surface area contributed by atoms with Crippen molar-refractivity contribution in [3.05, 3.63) is 57.6 Å². The number of thiazole rings is 1. The van der Waals surface area contributed by atoms with E-state index in [0.717, 1.165) is 16.6 Å². The van der Waals surface area contributed by atoms with Crippen LogP contribution in [-0.4, -0.2) is 36.1 Å². The molecule has 146 valence electrons. The van der Waals surface area contributed by atoms with E-state index in [4.69, 9.17) is 4.74 Å². The van der Waals surface area contributed by atoms with E-state index >= 15 is 0 Å². The Hall–Kier alpha value is -3.04. The summed E-state index contributed by atoms with van der Waals surface area (Å²) in [6.07, 6.45) is 0.916. The topological polar surface area (TPSA) is 106 Å². The minimum Gasteiger partial charge on any atom is -0.383 e. The number of non-ortho nitro benzene ring substituents is 1. The van der Waals surface area contributed by atoms with E-state index in [1.807, 2.05) is 18.2 Å². The zero-order chi connectivity index (χ0) is 20.1. The third kappa shape index (κ3) is 4.44. The van der Waals surface area contributed by atoms with Gasteiger partial charge in [0.2, 0.25) is 0 Å². The molecule has 2 N–H and O–H groups in total. The number of rotatable bonds is 8. The van der Waals surface area contributed by atoms with Crippen LogP contribution >= 0.6 is 11.3 Å². The molecule has 9 heteroatoms. The Labute approximate surface area is 165 Å². The Morgan fingerprint density at radius 3 is 2.82 bits per heavy atom. The highest BCUT2D eigenvalue weighted by Gasteiger charge is 2.18. The molecule has 1 heterocycles. The highest BCUT2D eigenvalue weighted by Crippen LogP contribution is 2.29. The van der Waals surface area contributed by atoms with Crippen LogP contribution in [0.25, 0.3) is 10.2 Å². The Bertz CT molecular complexity index is 1020. The second-order valence-electron chi connectivity index (χ2n) is 6.04. The van der Waals surface area contributed by atoms with Gasteiger partial charge in [0.05, 0.1) is 27.3 Å². The van der Waals surface area contributed by atoms with Crippen LogP contribution in [0.3, 0.4) is 0 Å². The molecule has 0 unspecified atom stereocenters. The number of nitrogens with zero attached hydrogens (tertiary/aromatic N) is 2. The molecule has 3 rings (SSSR count). The first-order valence-electron chi connectivity index (χ1n) is 8.74. The number of amides is 1. The molecule has 0 fully saturated rings. The Morgan fingerprint density at radius 1 is 1.29 bits per heavy atom. The summed E-state index contributed by atoms with van der Waals surface area (Å²) >= 11 is 1.37. The van der Waals surface area contributed by atoms with E-state index in [1.165, 1.54) is 35.1 Å². The molecule has 0 atom stereocenters. The second-order valence-corrected chi connectivity index (χ2v) is 7.07. The number of fused-ring (bicyclic) bond motifs is 1. The van der Waals surface area contributed by atoms with Gasteiger partial charge >= 0.3 is 0 Å². The molecule has 0 saturated heterocycles. The number of ether oxygens (including phenoxy) is 1. The molecular formula is C19H20N4O4S. The SMILES string of the molecule is CCc1ccc2nc(NC(=O)c3cc([N+](=O)[O-])ccc3NCCOC)sc2c1. The number of nitrogens with one attached hydrogen (secondary N) is 2. The highest BCUT2D eigenvalue weighted by atomic mass is 32.1. The van der Waals surface area contributed by atoms with Crippen LogP contribution in [-0.2, 0) is 11.2 Å². The number of aromatic nitrogens is 1. The Morgan fingerprint density at radius 2 is 2.11 bits per heavy atom. The van der Waals surface area contributed by atoms with Crippen molar-refractivity contribution in [1.82, 2.24) is 4.98 Å². The van der Waals surface area contributed by atoms with Crippen molar-refractivity contribution in [2.45, 2.75) is 13.3 Å². The van der Waals surface area contributed by atoms with Crippen molar-refractivity contribution in [2.75, 3.05) is 30.9 Å². The van der Waals surface area contributed by atoms with Gasteiger partial charge in [0.1, 0.15) is 0 Å². The maximum Gasteiger partial charge on any atom is 0.270 e. The number of carbonyl (C=O) groups is 1. The molecule has 0 aliphatic heterocycles. The summed E-state index contributed by atoms with van der Waals surface area (Å²) in [5.74, 6) is -0.460. The van der Waals surface area contributed by atoms with Crippen molar-refractivity contribution in [3.8, 4) is 0 Å². The van der Waals surface area contributed by atoms with Gasteiger partial charge in [-0.25, -0.2) is 4.98 Å². The molecule has 0 saturated carbocycles. The predicted molar refractivity (Wildman–Crippen MR) is 110 cm³/mol. The lowest BCUT2D eigenvalue weighted by molar-refractivity contribution is -0.384. The van der Waals surface area contributed by atoms with E-state index in [0.29, 0.717) is 24.0 Å². The van der Waals surface area contributed by atoms with Crippen molar-refractivity contribution in [1.29, 1.82) is 0 Å². The van der Waals surface area contributed by atoms with Gasteiger partial charge in [-0.3, -0.25) is 20.2 Å². The number of carbonyl (C=O) groups excluding carboxylic acids is 1. The molecule has 0 radical (unpaired) electrons. The number of anilines is 2. The molecule has 0 bridgehead atoms. The second kappa shape index (κ2) is 8.77. The fourth-order valence-electron chi connectivity index (χ4n) is 2.68. The van der Waals surface area contributed by atoms with E-state index in [-0.39, 0.29) is 11.3 Å². The van der Waals surface area contributed by atoms with Gasteiger partial charge < -0.3 is 10.1 Å². The van der Waals surface area contributed by atoms with Crippen LogP contribution in [0.4, 0.5) is 16.5 Å². The standard InChI is InChI=1S/C19H20N4O4S/c1-3-12-4-6-16-17(10-12)28-19(21-16)22-18(24)14-11-13(23(25)26)5-7-15(14)20-8-9-27-2/h4-7,10-11,20H,3,8-9H2,1-2H3,(H,21,22,24). The van der Waals surface area contributed by atoms with Crippen LogP contribution in [0.15, 0.2) is 36.4 Å². The number of aryl methyl sites for hydroxylation is 1. The number of methoxy groups -OCH3 is 1. The van der Waals surface area contributed by atoms with Crippen LogP contribution in [0.1, 0.15) is 22.8 Å².